The lowest BCUT2D eigenvalue weighted by Gasteiger charge is -2.25. The Kier molecular flexibility index (Phi) is 6.42. The van der Waals surface area contributed by atoms with Crippen molar-refractivity contribution in [3.8, 4) is 5.75 Å². The van der Waals surface area contributed by atoms with Gasteiger partial charge in [0.15, 0.2) is 12.4 Å². The minimum absolute atomic E-state index is 0.197. The molecule has 1 saturated heterocycles. The maximum absolute atomic E-state index is 12.6. The number of sulfonamides is 1. The van der Waals surface area contributed by atoms with Crippen LogP contribution in [0.5, 0.6) is 5.75 Å². The number of nitrogens with zero attached hydrogens (tertiary/aromatic N) is 1. The number of ether oxygens (including phenoxy) is 1. The Bertz CT molecular complexity index is 923. The molecule has 1 aliphatic heterocycles. The molecule has 0 amide bonds. The molecule has 2 aromatic carbocycles. The highest BCUT2D eigenvalue weighted by Crippen LogP contribution is 2.27. The van der Waals surface area contributed by atoms with Gasteiger partial charge < -0.3 is 4.74 Å². The first kappa shape index (κ1) is 20.1. The van der Waals surface area contributed by atoms with E-state index in [1.165, 1.54) is 34.6 Å². The van der Waals surface area contributed by atoms with Crippen molar-refractivity contribution in [2.45, 2.75) is 24.2 Å². The van der Waals surface area contributed by atoms with Crippen molar-refractivity contribution in [2.24, 2.45) is 0 Å². The quantitative estimate of drug-likeness (QED) is 0.639. The van der Waals surface area contributed by atoms with E-state index in [9.17, 15) is 13.2 Å². The molecule has 0 saturated carbocycles. The fourth-order valence-corrected chi connectivity index (χ4v) is 4.87. The monoisotopic (exact) mass is 427 g/mol. The number of piperidine rings is 1. The van der Waals surface area contributed by atoms with Crippen LogP contribution >= 0.6 is 23.2 Å². The normalized spacial score (nSPS) is 15.5. The van der Waals surface area contributed by atoms with Gasteiger partial charge in [0, 0.05) is 23.7 Å². The summed E-state index contributed by atoms with van der Waals surface area (Å²) in [4.78, 5) is 12.5. The molecule has 1 fully saturated rings. The number of hydrogen-bond donors (Lipinski definition) is 0. The van der Waals surface area contributed by atoms with Gasteiger partial charge in [0.25, 0.3) is 0 Å². The number of benzene rings is 2. The Morgan fingerprint density at radius 2 is 1.67 bits per heavy atom. The number of hydrogen-bond acceptors (Lipinski definition) is 4. The number of carbonyl (C=O) groups excluding carboxylic acids is 1. The summed E-state index contributed by atoms with van der Waals surface area (Å²) in [6.45, 7) is 0.872. The van der Waals surface area contributed by atoms with Crippen LogP contribution in [-0.2, 0) is 10.0 Å². The van der Waals surface area contributed by atoms with E-state index in [4.69, 9.17) is 27.9 Å². The van der Waals surface area contributed by atoms with Gasteiger partial charge in [-0.15, -0.1) is 0 Å². The molecule has 0 aromatic heterocycles. The summed E-state index contributed by atoms with van der Waals surface area (Å²) in [7, 11) is -3.51. The van der Waals surface area contributed by atoms with Crippen molar-refractivity contribution in [1.82, 2.24) is 4.31 Å². The van der Waals surface area contributed by atoms with Gasteiger partial charge in [-0.1, -0.05) is 29.6 Å². The van der Waals surface area contributed by atoms with Crippen LogP contribution < -0.4 is 4.74 Å². The van der Waals surface area contributed by atoms with E-state index in [2.05, 4.69) is 0 Å². The number of Topliss-reactive ketones (excluding diaryl/α,β-unsaturated/α-hetero) is 1. The van der Waals surface area contributed by atoms with Gasteiger partial charge in [-0.3, -0.25) is 4.79 Å². The molecule has 5 nitrogen and oxygen atoms in total. The molecule has 0 N–H and O–H groups in total. The Hall–Kier alpha value is -1.60. The fraction of sp³-hybridized carbons (Fsp3) is 0.316. The van der Waals surface area contributed by atoms with Crippen molar-refractivity contribution < 1.29 is 17.9 Å². The number of carbonyl (C=O) groups is 1. The van der Waals surface area contributed by atoms with Gasteiger partial charge in [-0.05, 0) is 55.3 Å². The van der Waals surface area contributed by atoms with Gasteiger partial charge >= 0.3 is 0 Å². The van der Waals surface area contributed by atoms with E-state index in [0.717, 1.165) is 19.3 Å². The van der Waals surface area contributed by atoms with Gasteiger partial charge in [0.1, 0.15) is 5.75 Å². The first-order chi connectivity index (χ1) is 12.9. The van der Waals surface area contributed by atoms with Crippen LogP contribution in [0.15, 0.2) is 47.4 Å². The van der Waals surface area contributed by atoms with Gasteiger partial charge in [0.05, 0.1) is 9.92 Å². The molecular weight excluding hydrogens is 409 g/mol. The highest BCUT2D eigenvalue weighted by Gasteiger charge is 2.25. The van der Waals surface area contributed by atoms with Crippen molar-refractivity contribution in [2.75, 3.05) is 19.7 Å². The van der Waals surface area contributed by atoms with Crippen LogP contribution in [0.2, 0.25) is 10.0 Å². The first-order valence-corrected chi connectivity index (χ1v) is 10.8. The predicted octanol–water partition coefficient (Wildman–Crippen LogP) is 4.43. The van der Waals surface area contributed by atoms with Crippen LogP contribution in [0.1, 0.15) is 29.6 Å². The molecule has 0 aliphatic carbocycles. The van der Waals surface area contributed by atoms with E-state index in [0.29, 0.717) is 34.4 Å². The lowest BCUT2D eigenvalue weighted by Crippen LogP contribution is -2.35. The highest BCUT2D eigenvalue weighted by molar-refractivity contribution is 7.89. The average Bonchev–Trinajstić information content (AvgIpc) is 2.68. The van der Waals surface area contributed by atoms with Crippen molar-refractivity contribution in [1.29, 1.82) is 0 Å². The molecule has 144 valence electrons. The zero-order valence-corrected chi connectivity index (χ0v) is 16.9. The van der Waals surface area contributed by atoms with E-state index in [-0.39, 0.29) is 17.3 Å². The summed E-state index contributed by atoms with van der Waals surface area (Å²) in [5.74, 6) is 0.0849. The van der Waals surface area contributed by atoms with Crippen molar-refractivity contribution in [3.05, 3.63) is 58.1 Å². The van der Waals surface area contributed by atoms with Crippen LogP contribution in [0, 0.1) is 0 Å². The molecule has 0 atom stereocenters. The van der Waals surface area contributed by atoms with E-state index < -0.39 is 10.0 Å². The van der Waals surface area contributed by atoms with Crippen LogP contribution in [0.3, 0.4) is 0 Å². The number of rotatable bonds is 6. The SMILES string of the molecule is O=C(COc1ccc(Cl)cc1Cl)c1ccc(S(=O)(=O)N2CCCCC2)cc1. The maximum atomic E-state index is 12.6. The molecule has 0 bridgehead atoms. The topological polar surface area (TPSA) is 63.7 Å². The second-order valence-electron chi connectivity index (χ2n) is 6.28. The molecule has 0 radical (unpaired) electrons. The van der Waals surface area contributed by atoms with Crippen molar-refractivity contribution in [3.63, 3.8) is 0 Å². The summed E-state index contributed by atoms with van der Waals surface area (Å²) in [6, 6.07) is 10.7. The Labute approximate surface area is 168 Å². The first-order valence-electron chi connectivity index (χ1n) is 8.59. The number of ketones is 1. The van der Waals surface area contributed by atoms with Crippen LogP contribution in [0.4, 0.5) is 0 Å². The smallest absolute Gasteiger partial charge is 0.243 e. The molecule has 1 aliphatic rings. The Morgan fingerprint density at radius 1 is 1.00 bits per heavy atom. The summed E-state index contributed by atoms with van der Waals surface area (Å²) < 4.78 is 32.2. The van der Waals surface area contributed by atoms with Gasteiger partial charge in [0.2, 0.25) is 10.0 Å². The summed E-state index contributed by atoms with van der Waals surface area (Å²) in [6.07, 6.45) is 2.80. The molecule has 1 heterocycles. The average molecular weight is 428 g/mol. The van der Waals surface area contributed by atoms with E-state index in [1.807, 2.05) is 0 Å². The van der Waals surface area contributed by atoms with Gasteiger partial charge in [-0.25, -0.2) is 8.42 Å². The second-order valence-corrected chi connectivity index (χ2v) is 9.06. The zero-order chi connectivity index (χ0) is 19.4. The minimum Gasteiger partial charge on any atom is -0.484 e. The second kappa shape index (κ2) is 8.61. The van der Waals surface area contributed by atoms with E-state index in [1.54, 1.807) is 12.1 Å². The Balaban J connectivity index is 1.66. The molecule has 27 heavy (non-hydrogen) atoms. The third kappa shape index (κ3) is 4.82. The van der Waals surface area contributed by atoms with Crippen LogP contribution in [-0.4, -0.2) is 38.2 Å². The molecule has 0 spiro atoms. The van der Waals surface area contributed by atoms with Gasteiger partial charge in [-0.2, -0.15) is 4.31 Å². The molecule has 0 unspecified atom stereocenters. The minimum atomic E-state index is -3.51. The van der Waals surface area contributed by atoms with E-state index >= 15 is 0 Å². The Morgan fingerprint density at radius 3 is 2.30 bits per heavy atom. The predicted molar refractivity (Wildman–Crippen MR) is 105 cm³/mol. The highest BCUT2D eigenvalue weighted by atomic mass is 35.5. The third-order valence-corrected chi connectivity index (χ3v) is 6.83. The molecule has 3 rings (SSSR count). The largest absolute Gasteiger partial charge is 0.484 e. The van der Waals surface area contributed by atoms with Crippen LogP contribution in [0.25, 0.3) is 0 Å². The fourth-order valence-electron chi connectivity index (χ4n) is 2.89. The third-order valence-electron chi connectivity index (χ3n) is 4.38. The van der Waals surface area contributed by atoms with Crippen molar-refractivity contribution >= 4 is 39.0 Å². The zero-order valence-electron chi connectivity index (χ0n) is 14.5. The molecule has 2 aromatic rings. The summed E-state index contributed by atoms with van der Waals surface area (Å²) in [5, 5.41) is 0.794. The standard InChI is InChI=1S/C19H19Cl2NO4S/c20-15-6-9-19(17(21)12-15)26-13-18(23)14-4-7-16(8-5-14)27(24,25)22-10-2-1-3-11-22/h4-9,12H,1-3,10-11,13H2. The molecular formula is C19H19Cl2NO4S. The lowest BCUT2D eigenvalue weighted by atomic mass is 10.1. The summed E-state index contributed by atoms with van der Waals surface area (Å²) in [5.41, 5.74) is 0.373. The lowest BCUT2D eigenvalue weighted by molar-refractivity contribution is 0.0921. The number of halogens is 2. The summed E-state index contributed by atoms with van der Waals surface area (Å²) >= 11 is 11.8. The molecule has 8 heteroatoms. The maximum Gasteiger partial charge on any atom is 0.243 e.